The summed E-state index contributed by atoms with van der Waals surface area (Å²) in [6.45, 7) is 3.65. The van der Waals surface area contributed by atoms with Crippen molar-refractivity contribution in [1.82, 2.24) is 0 Å². The molecule has 0 aromatic heterocycles. The lowest BCUT2D eigenvalue weighted by Gasteiger charge is -2.24. The van der Waals surface area contributed by atoms with Gasteiger partial charge in [-0.15, -0.1) is 0 Å². The molecule has 10 nitrogen and oxygen atoms in total. The largest absolute Gasteiger partial charge is 0.462 e. The number of para-hydroxylation sites is 1. The van der Waals surface area contributed by atoms with E-state index in [-0.39, 0.29) is 63.6 Å². The third kappa shape index (κ3) is 4.03. The highest BCUT2D eigenvalue weighted by Crippen LogP contribution is 2.40. The van der Waals surface area contributed by atoms with Crippen LogP contribution in [-0.4, -0.2) is 48.5 Å². The van der Waals surface area contributed by atoms with E-state index in [1.165, 1.54) is 36.4 Å². The summed E-state index contributed by atoms with van der Waals surface area (Å²) < 4.78 is 10.0. The lowest BCUT2D eigenvalue weighted by Crippen LogP contribution is -2.30. The van der Waals surface area contributed by atoms with E-state index in [2.05, 4.69) is 5.32 Å². The Labute approximate surface area is 239 Å². The molecule has 42 heavy (non-hydrogen) atoms. The maximum absolute atomic E-state index is 13.5. The van der Waals surface area contributed by atoms with Crippen molar-refractivity contribution in [2.45, 2.75) is 13.8 Å². The molecule has 0 saturated carbocycles. The number of hydrogen-bond donors (Lipinski definition) is 1. The topological polar surface area (TPSA) is 136 Å². The van der Waals surface area contributed by atoms with Crippen molar-refractivity contribution in [1.29, 1.82) is 0 Å². The molecule has 3 aromatic rings. The molecule has 0 atom stereocenters. The molecule has 0 saturated heterocycles. The maximum Gasteiger partial charge on any atom is 0.338 e. The number of nitrogens with zero attached hydrogens (tertiary/aromatic N) is 1. The summed E-state index contributed by atoms with van der Waals surface area (Å²) in [5.74, 6) is -3.53. The normalized spacial score (nSPS) is 16.7. The fraction of sp³-hybridized carbons (Fsp3) is 0.125. The Kier molecular flexibility index (Phi) is 6.38. The van der Waals surface area contributed by atoms with Crippen molar-refractivity contribution < 1.29 is 38.2 Å². The Morgan fingerprint density at radius 3 is 1.98 bits per heavy atom. The van der Waals surface area contributed by atoms with Crippen LogP contribution in [0.5, 0.6) is 0 Å². The number of fused-ring (bicyclic) bond motifs is 3. The Balaban J connectivity index is 1.37. The van der Waals surface area contributed by atoms with Crippen LogP contribution in [0.15, 0.2) is 71.9 Å². The first-order valence-corrected chi connectivity index (χ1v) is 13.2. The first-order chi connectivity index (χ1) is 20.2. The first-order valence-electron chi connectivity index (χ1n) is 13.2. The molecule has 10 heteroatoms. The van der Waals surface area contributed by atoms with E-state index < -0.39 is 35.3 Å². The molecule has 0 radical (unpaired) electrons. The molecule has 0 fully saturated rings. The average Bonchev–Trinajstić information content (AvgIpc) is 3.40. The Morgan fingerprint density at radius 2 is 1.31 bits per heavy atom. The van der Waals surface area contributed by atoms with Crippen LogP contribution in [0.3, 0.4) is 0 Å². The van der Waals surface area contributed by atoms with E-state index >= 15 is 0 Å². The lowest BCUT2D eigenvalue weighted by molar-refractivity contribution is 0.0516. The van der Waals surface area contributed by atoms with Crippen LogP contribution in [0, 0.1) is 0 Å². The van der Waals surface area contributed by atoms with Crippen LogP contribution in [-0.2, 0) is 9.47 Å². The Morgan fingerprint density at radius 1 is 0.714 bits per heavy atom. The number of hydrogen-bond acceptors (Lipinski definition) is 9. The van der Waals surface area contributed by atoms with Crippen LogP contribution in [0.2, 0.25) is 0 Å². The van der Waals surface area contributed by atoms with Crippen molar-refractivity contribution >= 4 is 52.8 Å². The van der Waals surface area contributed by atoms with E-state index in [1.54, 1.807) is 44.2 Å². The van der Waals surface area contributed by atoms with Gasteiger partial charge in [0.2, 0.25) is 0 Å². The summed E-state index contributed by atoms with van der Waals surface area (Å²) in [6.07, 6.45) is 3.24. The maximum atomic E-state index is 13.5. The number of amides is 2. The number of ether oxygens (including phenoxy) is 2. The van der Waals surface area contributed by atoms with Gasteiger partial charge in [-0.3, -0.25) is 19.2 Å². The van der Waals surface area contributed by atoms with Crippen molar-refractivity contribution in [2.24, 2.45) is 0 Å². The zero-order valence-corrected chi connectivity index (χ0v) is 22.5. The molecular weight excluding hydrogens is 540 g/mol. The Bertz CT molecular complexity index is 1850. The summed E-state index contributed by atoms with van der Waals surface area (Å²) in [4.78, 5) is 79.1. The van der Waals surface area contributed by atoms with E-state index in [1.807, 2.05) is 0 Å². The number of nitrogens with one attached hydrogen (secondary N) is 1. The SMILES string of the molecule is CCOC(=O)c1ccc2c(c1)C(=O)/C(=C1\C=Cc3cccc(N4C(=O)c5ccc(C(=O)OCC)cc5C4=O)c3N1)C2=O. The molecule has 3 aromatic carbocycles. The highest BCUT2D eigenvalue weighted by atomic mass is 16.5. The number of esters is 2. The number of imide groups is 1. The summed E-state index contributed by atoms with van der Waals surface area (Å²) >= 11 is 0. The van der Waals surface area contributed by atoms with E-state index in [0.29, 0.717) is 11.3 Å². The van der Waals surface area contributed by atoms with Gasteiger partial charge in [0.1, 0.15) is 0 Å². The van der Waals surface area contributed by atoms with Crippen LogP contribution in [0.4, 0.5) is 11.4 Å². The zero-order chi connectivity index (χ0) is 29.7. The first kappa shape index (κ1) is 26.6. The predicted octanol–water partition coefficient (Wildman–Crippen LogP) is 4.61. The summed E-state index contributed by atoms with van der Waals surface area (Å²) in [5, 5.41) is 3.09. The second-order valence-electron chi connectivity index (χ2n) is 9.55. The fourth-order valence-electron chi connectivity index (χ4n) is 5.20. The average molecular weight is 563 g/mol. The van der Waals surface area contributed by atoms with Gasteiger partial charge in [-0.05, 0) is 62.4 Å². The van der Waals surface area contributed by atoms with Crippen LogP contribution >= 0.6 is 0 Å². The van der Waals surface area contributed by atoms with Gasteiger partial charge in [0, 0.05) is 16.7 Å². The molecular formula is C32H22N2O8. The van der Waals surface area contributed by atoms with Crippen molar-refractivity contribution in [3.63, 3.8) is 0 Å². The summed E-state index contributed by atoms with van der Waals surface area (Å²) in [5.41, 5.74) is 1.93. The second kappa shape index (κ2) is 10.1. The Hall–Kier alpha value is -5.64. The molecule has 2 aliphatic heterocycles. The van der Waals surface area contributed by atoms with Crippen molar-refractivity contribution in [3.8, 4) is 0 Å². The molecule has 2 heterocycles. The van der Waals surface area contributed by atoms with Gasteiger partial charge in [0.05, 0.1) is 58.1 Å². The zero-order valence-electron chi connectivity index (χ0n) is 22.5. The van der Waals surface area contributed by atoms with Crippen molar-refractivity contribution in [3.05, 3.63) is 111 Å². The predicted molar refractivity (Wildman–Crippen MR) is 151 cm³/mol. The third-order valence-corrected chi connectivity index (χ3v) is 7.15. The minimum Gasteiger partial charge on any atom is -0.462 e. The van der Waals surface area contributed by atoms with Crippen LogP contribution in [0.25, 0.3) is 6.08 Å². The number of carbonyl (C=O) groups excluding carboxylic acids is 6. The van der Waals surface area contributed by atoms with E-state index in [0.717, 1.165) is 4.90 Å². The molecule has 1 aliphatic carbocycles. The molecule has 1 N–H and O–H groups in total. The molecule has 2 amide bonds. The van der Waals surface area contributed by atoms with Crippen LogP contribution < -0.4 is 10.2 Å². The van der Waals surface area contributed by atoms with Gasteiger partial charge in [-0.1, -0.05) is 18.2 Å². The second-order valence-corrected chi connectivity index (χ2v) is 9.55. The highest BCUT2D eigenvalue weighted by Gasteiger charge is 2.40. The fourth-order valence-corrected chi connectivity index (χ4v) is 5.20. The minimum absolute atomic E-state index is 0.0575. The third-order valence-electron chi connectivity index (χ3n) is 7.15. The molecule has 3 aliphatic rings. The highest BCUT2D eigenvalue weighted by molar-refractivity contribution is 6.40. The molecule has 6 rings (SSSR count). The van der Waals surface area contributed by atoms with Crippen molar-refractivity contribution in [2.75, 3.05) is 23.4 Å². The van der Waals surface area contributed by atoms with Gasteiger partial charge in [0.15, 0.2) is 11.6 Å². The van der Waals surface area contributed by atoms with E-state index in [4.69, 9.17) is 9.47 Å². The minimum atomic E-state index is -0.632. The summed E-state index contributed by atoms with van der Waals surface area (Å²) in [7, 11) is 0. The van der Waals surface area contributed by atoms with Gasteiger partial charge < -0.3 is 14.8 Å². The van der Waals surface area contributed by atoms with Gasteiger partial charge >= 0.3 is 11.9 Å². The number of Topliss-reactive ketones (excluding diaryl/α,β-unsaturated/α-hetero) is 2. The monoisotopic (exact) mass is 562 g/mol. The van der Waals surface area contributed by atoms with Crippen LogP contribution in [0.1, 0.15) is 81.6 Å². The smallest absolute Gasteiger partial charge is 0.338 e. The quantitative estimate of drug-likeness (QED) is 0.205. The standard InChI is InChI=1S/C32H22N2O8/c1-3-41-31(39)17-8-11-19-21(14-17)28(36)25(27(19)35)23-13-10-16-6-5-7-24(26(16)33-23)34-29(37)20-12-9-18(32(40)42-4-2)15-22(20)30(34)38/h5-15,33H,3-4H2,1-2H3/b25-23+. The van der Waals surface area contributed by atoms with E-state index in [9.17, 15) is 28.8 Å². The van der Waals surface area contributed by atoms with Gasteiger partial charge in [-0.2, -0.15) is 0 Å². The molecule has 0 unspecified atom stereocenters. The number of rotatable bonds is 5. The molecule has 0 bridgehead atoms. The van der Waals surface area contributed by atoms with Gasteiger partial charge in [0.25, 0.3) is 11.8 Å². The summed E-state index contributed by atoms with van der Waals surface area (Å²) in [6, 6.07) is 13.4. The number of anilines is 2. The molecule has 0 spiro atoms. The lowest BCUT2D eigenvalue weighted by atomic mass is 10.0. The number of ketones is 2. The number of benzene rings is 3. The van der Waals surface area contributed by atoms with Gasteiger partial charge in [-0.25, -0.2) is 14.5 Å². The number of carbonyl (C=O) groups is 6. The number of allylic oxidation sites excluding steroid dienone is 2. The molecule has 208 valence electrons.